The molecule has 7 heteroatoms. The van der Waals surface area contributed by atoms with Crippen molar-refractivity contribution < 1.29 is 9.72 Å². The first-order valence-corrected chi connectivity index (χ1v) is 6.74. The molecule has 20 heavy (non-hydrogen) atoms. The molecule has 0 radical (unpaired) electrons. The Kier molecular flexibility index (Phi) is 5.76. The second-order valence-corrected chi connectivity index (χ2v) is 4.70. The predicted molar refractivity (Wildman–Crippen MR) is 79.3 cm³/mol. The predicted octanol–water partition coefficient (Wildman–Crippen LogP) is 2.84. The first kappa shape index (κ1) is 16.2. The van der Waals surface area contributed by atoms with E-state index in [1.165, 1.54) is 12.1 Å². The number of benzene rings is 1. The van der Waals surface area contributed by atoms with Gasteiger partial charge in [-0.05, 0) is 32.4 Å². The molecular weight excluding hydrogens is 282 g/mol. The Bertz CT molecular complexity index is 516. The van der Waals surface area contributed by atoms with E-state index in [2.05, 4.69) is 5.32 Å². The Morgan fingerprint density at radius 3 is 2.50 bits per heavy atom. The molecule has 0 spiro atoms. The van der Waals surface area contributed by atoms with Crippen LogP contribution in [0.4, 0.5) is 11.4 Å². The molecule has 6 nitrogen and oxygen atoms in total. The lowest BCUT2D eigenvalue weighted by Gasteiger charge is -2.19. The fourth-order valence-electron chi connectivity index (χ4n) is 1.86. The number of hydrogen-bond acceptors (Lipinski definition) is 4. The van der Waals surface area contributed by atoms with Crippen LogP contribution < -0.4 is 5.32 Å². The Labute approximate surface area is 122 Å². The molecule has 0 bridgehead atoms. The zero-order valence-electron chi connectivity index (χ0n) is 11.8. The highest BCUT2D eigenvalue weighted by atomic mass is 35.5. The average molecular weight is 300 g/mol. The van der Waals surface area contributed by atoms with Gasteiger partial charge in [0.2, 0.25) is 5.91 Å². The van der Waals surface area contributed by atoms with Gasteiger partial charge >= 0.3 is 0 Å². The molecule has 0 atom stereocenters. The van der Waals surface area contributed by atoms with Crippen LogP contribution in [-0.4, -0.2) is 35.4 Å². The maximum atomic E-state index is 11.9. The summed E-state index contributed by atoms with van der Waals surface area (Å²) in [7, 11) is 0. The van der Waals surface area contributed by atoms with Crippen LogP contribution in [0.1, 0.15) is 19.4 Å². The van der Waals surface area contributed by atoms with E-state index in [-0.39, 0.29) is 23.2 Å². The number of halogens is 1. The van der Waals surface area contributed by atoms with Crippen molar-refractivity contribution in [3.05, 3.63) is 32.8 Å². The van der Waals surface area contributed by atoms with E-state index in [4.69, 9.17) is 11.6 Å². The van der Waals surface area contributed by atoms with Crippen LogP contribution in [0.5, 0.6) is 0 Å². The Morgan fingerprint density at radius 1 is 1.40 bits per heavy atom. The number of carbonyl (C=O) groups excluding carboxylic acids is 1. The Hall–Kier alpha value is -1.82. The quantitative estimate of drug-likeness (QED) is 0.647. The van der Waals surface area contributed by atoms with E-state index >= 15 is 0 Å². The maximum absolute atomic E-state index is 11.9. The monoisotopic (exact) mass is 299 g/mol. The van der Waals surface area contributed by atoms with Crippen LogP contribution in [0.2, 0.25) is 5.02 Å². The maximum Gasteiger partial charge on any atom is 0.288 e. The highest BCUT2D eigenvalue weighted by Crippen LogP contribution is 2.30. The molecule has 1 aromatic carbocycles. The number of rotatable bonds is 6. The molecular formula is C13H18ClN3O3. The van der Waals surface area contributed by atoms with Crippen molar-refractivity contribution in [2.75, 3.05) is 25.0 Å². The second-order valence-electron chi connectivity index (χ2n) is 4.30. The summed E-state index contributed by atoms with van der Waals surface area (Å²) in [6.07, 6.45) is 0. The number of carbonyl (C=O) groups is 1. The zero-order chi connectivity index (χ0) is 15.3. The minimum Gasteiger partial charge on any atom is -0.376 e. The van der Waals surface area contributed by atoms with E-state index in [1.807, 2.05) is 13.8 Å². The van der Waals surface area contributed by atoms with Crippen molar-refractivity contribution >= 4 is 28.9 Å². The number of nitrogens with zero attached hydrogens (tertiary/aromatic N) is 2. The van der Waals surface area contributed by atoms with Crippen LogP contribution in [0.15, 0.2) is 12.1 Å². The molecule has 0 aliphatic heterocycles. The van der Waals surface area contributed by atoms with Gasteiger partial charge in [-0.1, -0.05) is 11.6 Å². The van der Waals surface area contributed by atoms with Gasteiger partial charge in [0.05, 0.1) is 11.5 Å². The average Bonchev–Trinajstić information content (AvgIpc) is 2.40. The van der Waals surface area contributed by atoms with Crippen molar-refractivity contribution in [3.8, 4) is 0 Å². The third kappa shape index (κ3) is 3.84. The number of anilines is 1. The number of nitrogens with one attached hydrogen (secondary N) is 1. The molecule has 1 rings (SSSR count). The fourth-order valence-corrected chi connectivity index (χ4v) is 2.09. The number of nitro benzene ring substituents is 1. The van der Waals surface area contributed by atoms with Crippen molar-refractivity contribution in [2.45, 2.75) is 20.8 Å². The van der Waals surface area contributed by atoms with E-state index in [0.29, 0.717) is 24.3 Å². The number of likely N-dealkylation sites (N-methyl/N-ethyl adjacent to an activating group) is 1. The first-order valence-electron chi connectivity index (χ1n) is 6.36. The molecule has 0 saturated heterocycles. The highest BCUT2D eigenvalue weighted by molar-refractivity contribution is 6.33. The zero-order valence-corrected chi connectivity index (χ0v) is 12.5. The fraction of sp³-hybridized carbons (Fsp3) is 0.462. The Balaban J connectivity index is 2.82. The van der Waals surface area contributed by atoms with Crippen LogP contribution in [0, 0.1) is 17.0 Å². The standard InChI is InChI=1S/C13H18ClN3O3/c1-4-16(5-2)13(18)8-15-11-7-10(14)12(17(19)20)6-9(11)3/h6-7,15H,4-5,8H2,1-3H3. The van der Waals surface area contributed by atoms with Gasteiger partial charge in [0.25, 0.3) is 5.69 Å². The lowest BCUT2D eigenvalue weighted by atomic mass is 10.1. The summed E-state index contributed by atoms with van der Waals surface area (Å²) in [4.78, 5) is 23.8. The molecule has 0 unspecified atom stereocenters. The van der Waals surface area contributed by atoms with E-state index in [1.54, 1.807) is 11.8 Å². The summed E-state index contributed by atoms with van der Waals surface area (Å²) in [5.41, 5.74) is 1.17. The Morgan fingerprint density at radius 2 is 2.00 bits per heavy atom. The number of aryl methyl sites for hydroxylation is 1. The van der Waals surface area contributed by atoms with Gasteiger partial charge in [0, 0.05) is 24.8 Å². The van der Waals surface area contributed by atoms with Crippen LogP contribution in [-0.2, 0) is 4.79 Å². The van der Waals surface area contributed by atoms with E-state index < -0.39 is 4.92 Å². The van der Waals surface area contributed by atoms with Crippen molar-refractivity contribution in [3.63, 3.8) is 0 Å². The topological polar surface area (TPSA) is 75.5 Å². The third-order valence-corrected chi connectivity index (χ3v) is 3.34. The van der Waals surface area contributed by atoms with Gasteiger partial charge in [-0.2, -0.15) is 0 Å². The van der Waals surface area contributed by atoms with Gasteiger partial charge in [-0.3, -0.25) is 14.9 Å². The van der Waals surface area contributed by atoms with Gasteiger partial charge in [-0.25, -0.2) is 0 Å². The molecule has 0 aliphatic carbocycles. The molecule has 0 saturated carbocycles. The summed E-state index contributed by atoms with van der Waals surface area (Å²) in [6.45, 7) is 6.99. The summed E-state index contributed by atoms with van der Waals surface area (Å²) >= 11 is 5.85. The molecule has 110 valence electrons. The minimum absolute atomic E-state index is 0.0242. The van der Waals surface area contributed by atoms with E-state index in [0.717, 1.165) is 0 Å². The lowest BCUT2D eigenvalue weighted by Crippen LogP contribution is -2.35. The lowest BCUT2D eigenvalue weighted by molar-refractivity contribution is -0.384. The minimum atomic E-state index is -0.528. The molecule has 1 amide bonds. The molecule has 1 N–H and O–H groups in total. The van der Waals surface area contributed by atoms with Crippen LogP contribution >= 0.6 is 11.6 Å². The summed E-state index contributed by atoms with van der Waals surface area (Å²) in [6, 6.07) is 2.87. The van der Waals surface area contributed by atoms with Crippen LogP contribution in [0.3, 0.4) is 0 Å². The number of amides is 1. The van der Waals surface area contributed by atoms with Gasteiger partial charge < -0.3 is 10.2 Å². The van der Waals surface area contributed by atoms with Crippen molar-refractivity contribution in [2.24, 2.45) is 0 Å². The SMILES string of the molecule is CCN(CC)C(=O)CNc1cc(Cl)c([N+](=O)[O-])cc1C. The molecule has 0 heterocycles. The molecule has 0 aliphatic rings. The number of nitro groups is 1. The van der Waals surface area contributed by atoms with Gasteiger partial charge in [0.1, 0.15) is 5.02 Å². The summed E-state index contributed by atoms with van der Waals surface area (Å²) in [5, 5.41) is 13.8. The van der Waals surface area contributed by atoms with Gasteiger partial charge in [-0.15, -0.1) is 0 Å². The van der Waals surface area contributed by atoms with E-state index in [9.17, 15) is 14.9 Å². The normalized spacial score (nSPS) is 10.2. The summed E-state index contributed by atoms with van der Waals surface area (Å²) in [5.74, 6) is -0.0242. The highest BCUT2D eigenvalue weighted by Gasteiger charge is 2.16. The smallest absolute Gasteiger partial charge is 0.288 e. The largest absolute Gasteiger partial charge is 0.376 e. The summed E-state index contributed by atoms with van der Waals surface area (Å²) < 4.78 is 0. The van der Waals surface area contributed by atoms with Gasteiger partial charge in [0.15, 0.2) is 0 Å². The van der Waals surface area contributed by atoms with Crippen molar-refractivity contribution in [1.29, 1.82) is 0 Å². The second kappa shape index (κ2) is 7.09. The van der Waals surface area contributed by atoms with Crippen LogP contribution in [0.25, 0.3) is 0 Å². The molecule has 1 aromatic rings. The first-order chi connectivity index (χ1) is 9.40. The third-order valence-electron chi connectivity index (χ3n) is 3.04. The molecule has 0 aromatic heterocycles. The van der Waals surface area contributed by atoms with Crippen molar-refractivity contribution in [1.82, 2.24) is 4.90 Å². The molecule has 0 fully saturated rings. The number of hydrogen-bond donors (Lipinski definition) is 1.